The molecule has 1 aromatic heterocycles. The number of carbonyl (C=O) groups is 1. The summed E-state index contributed by atoms with van der Waals surface area (Å²) in [4.78, 5) is 10.9. The minimum absolute atomic E-state index is 0.0284. The van der Waals surface area contributed by atoms with Crippen molar-refractivity contribution in [2.45, 2.75) is 13.5 Å². The Bertz CT molecular complexity index is 584. The van der Waals surface area contributed by atoms with Crippen LogP contribution in [0.1, 0.15) is 17.3 Å². The number of halogens is 3. The second-order valence-corrected chi connectivity index (χ2v) is 3.66. The number of aryl methyl sites for hydroxylation is 1. The lowest BCUT2D eigenvalue weighted by molar-refractivity contribution is 0.112. The van der Waals surface area contributed by atoms with Gasteiger partial charge in [-0.05, 0) is 19.1 Å². The molecule has 0 atom stereocenters. The van der Waals surface area contributed by atoms with E-state index >= 15 is 0 Å². The molecular weight excluding hydrogens is 245 g/mol. The number of hydrogen-bond donors (Lipinski definition) is 0. The van der Waals surface area contributed by atoms with E-state index in [1.165, 1.54) is 10.9 Å². The van der Waals surface area contributed by atoms with Gasteiger partial charge < -0.3 is 0 Å². The van der Waals surface area contributed by atoms with Crippen LogP contribution in [0.4, 0.5) is 13.2 Å². The summed E-state index contributed by atoms with van der Waals surface area (Å²) in [6.07, 6.45) is 2.00. The van der Waals surface area contributed by atoms with Crippen LogP contribution in [-0.4, -0.2) is 16.1 Å². The minimum atomic E-state index is -1.54. The van der Waals surface area contributed by atoms with E-state index in [9.17, 15) is 18.0 Å². The maximum absolute atomic E-state index is 13.1. The van der Waals surface area contributed by atoms with Gasteiger partial charge in [-0.25, -0.2) is 13.2 Å². The minimum Gasteiger partial charge on any atom is -0.298 e. The third-order valence-corrected chi connectivity index (χ3v) is 2.50. The molecule has 0 radical (unpaired) electrons. The number of aromatic nitrogens is 2. The molecule has 0 fully saturated rings. The molecule has 3 nitrogen and oxygen atoms in total. The summed E-state index contributed by atoms with van der Waals surface area (Å²) >= 11 is 0. The van der Waals surface area contributed by atoms with Gasteiger partial charge in [-0.15, -0.1) is 0 Å². The van der Waals surface area contributed by atoms with Crippen LogP contribution in [-0.2, 0) is 6.54 Å². The second kappa shape index (κ2) is 4.64. The largest absolute Gasteiger partial charge is 0.298 e. The van der Waals surface area contributed by atoms with E-state index in [0.29, 0.717) is 12.8 Å². The summed E-state index contributed by atoms with van der Waals surface area (Å²) in [5.74, 6) is -4.16. The molecule has 0 saturated carbocycles. The summed E-state index contributed by atoms with van der Waals surface area (Å²) in [7, 11) is 0. The lowest BCUT2D eigenvalue weighted by Crippen LogP contribution is -1.96. The Morgan fingerprint density at radius 2 is 1.89 bits per heavy atom. The summed E-state index contributed by atoms with van der Waals surface area (Å²) in [6.45, 7) is 2.31. The molecule has 18 heavy (non-hydrogen) atoms. The Hall–Kier alpha value is -2.11. The van der Waals surface area contributed by atoms with Crippen molar-refractivity contribution in [1.29, 1.82) is 0 Å². The van der Waals surface area contributed by atoms with E-state index in [-0.39, 0.29) is 16.8 Å². The molecule has 0 aliphatic carbocycles. The van der Waals surface area contributed by atoms with Crippen molar-refractivity contribution in [2.24, 2.45) is 0 Å². The highest BCUT2D eigenvalue weighted by atomic mass is 19.2. The average molecular weight is 254 g/mol. The van der Waals surface area contributed by atoms with E-state index in [2.05, 4.69) is 5.10 Å². The molecule has 2 aromatic rings. The lowest BCUT2D eigenvalue weighted by Gasteiger charge is -2.01. The third kappa shape index (κ3) is 2.01. The van der Waals surface area contributed by atoms with Crippen molar-refractivity contribution in [3.05, 3.63) is 41.3 Å². The van der Waals surface area contributed by atoms with Crippen LogP contribution in [0.3, 0.4) is 0 Å². The summed E-state index contributed by atoms with van der Waals surface area (Å²) in [5, 5.41) is 4.01. The molecule has 0 aliphatic rings. The highest BCUT2D eigenvalue weighted by Gasteiger charge is 2.16. The molecule has 1 heterocycles. The Kier molecular flexibility index (Phi) is 3.18. The second-order valence-electron chi connectivity index (χ2n) is 3.66. The van der Waals surface area contributed by atoms with Crippen molar-refractivity contribution in [2.75, 3.05) is 0 Å². The van der Waals surface area contributed by atoms with Gasteiger partial charge >= 0.3 is 0 Å². The molecule has 2 rings (SSSR count). The van der Waals surface area contributed by atoms with Crippen molar-refractivity contribution < 1.29 is 18.0 Å². The van der Waals surface area contributed by atoms with Crippen molar-refractivity contribution in [3.63, 3.8) is 0 Å². The van der Waals surface area contributed by atoms with Gasteiger partial charge in [-0.3, -0.25) is 9.48 Å². The number of rotatable bonds is 3. The van der Waals surface area contributed by atoms with Gasteiger partial charge in [0.25, 0.3) is 0 Å². The smallest absolute Gasteiger partial charge is 0.194 e. The number of nitrogens with zero attached hydrogens (tertiary/aromatic N) is 2. The quantitative estimate of drug-likeness (QED) is 0.623. The normalized spacial score (nSPS) is 10.7. The third-order valence-electron chi connectivity index (χ3n) is 2.50. The Morgan fingerprint density at radius 3 is 2.39 bits per heavy atom. The zero-order valence-electron chi connectivity index (χ0n) is 9.45. The average Bonchev–Trinajstić information content (AvgIpc) is 2.78. The van der Waals surface area contributed by atoms with Gasteiger partial charge in [0, 0.05) is 18.3 Å². The van der Waals surface area contributed by atoms with Gasteiger partial charge in [0.1, 0.15) is 5.69 Å². The standard InChI is InChI=1S/C12H9F3N2O/c1-2-17-5-8(6-18)12(16-17)7-3-9(13)11(15)10(14)4-7/h3-6H,2H2,1H3. The first-order valence-corrected chi connectivity index (χ1v) is 5.24. The van der Waals surface area contributed by atoms with Gasteiger partial charge in [0.2, 0.25) is 0 Å². The fraction of sp³-hybridized carbons (Fsp3) is 0.167. The van der Waals surface area contributed by atoms with Crippen LogP contribution in [0.25, 0.3) is 11.3 Å². The van der Waals surface area contributed by atoms with E-state index in [0.717, 1.165) is 12.1 Å². The zero-order valence-corrected chi connectivity index (χ0v) is 9.45. The predicted molar refractivity (Wildman–Crippen MR) is 58.6 cm³/mol. The number of hydrogen-bond acceptors (Lipinski definition) is 2. The van der Waals surface area contributed by atoms with Crippen LogP contribution >= 0.6 is 0 Å². The van der Waals surface area contributed by atoms with Crippen molar-refractivity contribution in [1.82, 2.24) is 9.78 Å². The summed E-state index contributed by atoms with van der Waals surface area (Å²) < 4.78 is 40.5. The van der Waals surface area contributed by atoms with Gasteiger partial charge in [-0.2, -0.15) is 5.10 Å². The number of carbonyl (C=O) groups excluding carboxylic acids is 1. The topological polar surface area (TPSA) is 34.9 Å². The molecule has 6 heteroatoms. The van der Waals surface area contributed by atoms with Crippen LogP contribution in [0.15, 0.2) is 18.3 Å². The van der Waals surface area contributed by atoms with E-state index in [4.69, 9.17) is 0 Å². The fourth-order valence-corrected chi connectivity index (χ4v) is 1.60. The highest BCUT2D eigenvalue weighted by Crippen LogP contribution is 2.24. The Morgan fingerprint density at radius 1 is 1.28 bits per heavy atom. The van der Waals surface area contributed by atoms with Crippen LogP contribution < -0.4 is 0 Å². The van der Waals surface area contributed by atoms with E-state index < -0.39 is 17.5 Å². The lowest BCUT2D eigenvalue weighted by atomic mass is 10.1. The number of benzene rings is 1. The first-order valence-electron chi connectivity index (χ1n) is 5.24. The predicted octanol–water partition coefficient (Wildman–Crippen LogP) is 2.80. The van der Waals surface area contributed by atoms with Gasteiger partial charge in [0.05, 0.1) is 5.56 Å². The molecule has 0 N–H and O–H groups in total. The van der Waals surface area contributed by atoms with E-state index in [1.807, 2.05) is 0 Å². The van der Waals surface area contributed by atoms with Crippen molar-refractivity contribution in [3.8, 4) is 11.3 Å². The van der Waals surface area contributed by atoms with Crippen LogP contribution in [0.5, 0.6) is 0 Å². The summed E-state index contributed by atoms with van der Waals surface area (Å²) in [5.41, 5.74) is 0.354. The first-order chi connectivity index (χ1) is 8.56. The van der Waals surface area contributed by atoms with Crippen LogP contribution in [0.2, 0.25) is 0 Å². The first kappa shape index (κ1) is 12.3. The monoisotopic (exact) mass is 254 g/mol. The number of aldehydes is 1. The van der Waals surface area contributed by atoms with Gasteiger partial charge in [0.15, 0.2) is 23.7 Å². The Labute approximate surface area is 101 Å². The van der Waals surface area contributed by atoms with Crippen molar-refractivity contribution >= 4 is 6.29 Å². The SMILES string of the molecule is CCn1cc(C=O)c(-c2cc(F)c(F)c(F)c2)n1. The molecule has 0 saturated heterocycles. The van der Waals surface area contributed by atoms with Crippen LogP contribution in [0, 0.1) is 17.5 Å². The maximum atomic E-state index is 13.1. The molecule has 0 amide bonds. The molecule has 1 aromatic carbocycles. The molecule has 0 unspecified atom stereocenters. The van der Waals surface area contributed by atoms with E-state index in [1.54, 1.807) is 6.92 Å². The highest BCUT2D eigenvalue weighted by molar-refractivity contribution is 5.85. The molecule has 94 valence electrons. The summed E-state index contributed by atoms with van der Waals surface area (Å²) in [6, 6.07) is 1.63. The molecule has 0 aliphatic heterocycles. The van der Waals surface area contributed by atoms with Gasteiger partial charge in [-0.1, -0.05) is 0 Å². The fourth-order valence-electron chi connectivity index (χ4n) is 1.60. The maximum Gasteiger partial charge on any atom is 0.194 e. The molecule has 0 spiro atoms. The molecule has 0 bridgehead atoms. The Balaban J connectivity index is 2.61. The zero-order chi connectivity index (χ0) is 13.3. The molecular formula is C12H9F3N2O.